The first-order valence-corrected chi connectivity index (χ1v) is 9.23. The number of hydrogen-bond acceptors (Lipinski definition) is 6. The number of amidine groups is 1. The second-order valence-corrected chi connectivity index (χ2v) is 7.63. The maximum atomic E-state index is 5.71. The number of rotatable bonds is 4. The van der Waals surface area contributed by atoms with Gasteiger partial charge in [0, 0.05) is 23.6 Å². The molecule has 6 heteroatoms. The molecule has 2 aromatic rings. The molecule has 5 nitrogen and oxygen atoms in total. The summed E-state index contributed by atoms with van der Waals surface area (Å²) in [5.74, 6) is 1.52. The summed E-state index contributed by atoms with van der Waals surface area (Å²) in [7, 11) is 3.36. The third-order valence-electron chi connectivity index (χ3n) is 4.63. The van der Waals surface area contributed by atoms with E-state index >= 15 is 0 Å². The van der Waals surface area contributed by atoms with Crippen molar-refractivity contribution in [3.63, 3.8) is 0 Å². The van der Waals surface area contributed by atoms with E-state index in [-0.39, 0.29) is 12.1 Å². The summed E-state index contributed by atoms with van der Waals surface area (Å²) < 4.78 is 11.2. The normalized spacial score (nSPS) is 24.8. The van der Waals surface area contributed by atoms with Gasteiger partial charge >= 0.3 is 0 Å². The number of fused-ring (bicyclic) bond motifs is 1. The highest BCUT2D eigenvalue weighted by atomic mass is 32.2. The van der Waals surface area contributed by atoms with Gasteiger partial charge in [0.2, 0.25) is 0 Å². The highest BCUT2D eigenvalue weighted by molar-refractivity contribution is 8.14. The number of para-hydroxylation sites is 1. The van der Waals surface area contributed by atoms with Crippen molar-refractivity contribution in [1.82, 2.24) is 9.88 Å². The van der Waals surface area contributed by atoms with Crippen LogP contribution in [-0.2, 0) is 0 Å². The minimum absolute atomic E-state index is 0.0443. The summed E-state index contributed by atoms with van der Waals surface area (Å²) in [6.45, 7) is 3.21. The topological polar surface area (TPSA) is 47.0 Å². The molecule has 0 bridgehead atoms. The number of ether oxygens (including phenoxy) is 2. The van der Waals surface area contributed by atoms with Crippen LogP contribution in [0.3, 0.4) is 0 Å². The Hall–Kier alpha value is -2.21. The summed E-state index contributed by atoms with van der Waals surface area (Å²) in [5.41, 5.74) is 2.07. The molecule has 0 N–H and O–H groups in total. The third-order valence-corrected chi connectivity index (χ3v) is 5.74. The Morgan fingerprint density at radius 3 is 2.72 bits per heavy atom. The van der Waals surface area contributed by atoms with Gasteiger partial charge < -0.3 is 14.4 Å². The second-order valence-electron chi connectivity index (χ2n) is 6.22. The van der Waals surface area contributed by atoms with E-state index in [1.54, 1.807) is 14.2 Å². The van der Waals surface area contributed by atoms with Crippen molar-refractivity contribution >= 4 is 16.9 Å². The maximum absolute atomic E-state index is 5.71. The molecule has 25 heavy (non-hydrogen) atoms. The molecule has 0 amide bonds. The van der Waals surface area contributed by atoms with Gasteiger partial charge in [0.1, 0.15) is 6.04 Å². The Morgan fingerprint density at radius 1 is 1.12 bits per heavy atom. The smallest absolute Gasteiger partial charge is 0.166 e. The number of methoxy groups -OCH3 is 2. The molecule has 1 aromatic heterocycles. The lowest BCUT2D eigenvalue weighted by Gasteiger charge is -2.29. The van der Waals surface area contributed by atoms with Crippen LogP contribution in [0.4, 0.5) is 0 Å². The van der Waals surface area contributed by atoms with E-state index in [9.17, 15) is 0 Å². The molecule has 4 rings (SSSR count). The van der Waals surface area contributed by atoms with Crippen LogP contribution in [0, 0.1) is 0 Å². The molecule has 3 atom stereocenters. The van der Waals surface area contributed by atoms with Crippen LogP contribution >= 0.6 is 11.8 Å². The standard InChI is InChI=1S/C19H21N3O2S/c1-12-11-22-17(13-7-6-9-15(23-2)18(13)24-3)16(21-19(22)25-12)14-8-4-5-10-20-14/h4-10,12,16-17H,11H2,1-3H3/t12-,16+,17-/m1/s1. The highest BCUT2D eigenvalue weighted by Crippen LogP contribution is 2.50. The molecular weight excluding hydrogens is 334 g/mol. The Balaban J connectivity index is 1.83. The van der Waals surface area contributed by atoms with E-state index in [0.717, 1.165) is 34.5 Å². The molecule has 0 aliphatic carbocycles. The van der Waals surface area contributed by atoms with E-state index < -0.39 is 0 Å². The fourth-order valence-corrected chi connectivity index (χ4v) is 4.69. The number of aromatic nitrogens is 1. The van der Waals surface area contributed by atoms with Crippen molar-refractivity contribution in [1.29, 1.82) is 0 Å². The molecule has 2 aliphatic rings. The predicted molar refractivity (Wildman–Crippen MR) is 100 cm³/mol. The van der Waals surface area contributed by atoms with Gasteiger partial charge in [-0.15, -0.1) is 0 Å². The predicted octanol–water partition coefficient (Wildman–Crippen LogP) is 3.69. The molecule has 0 saturated carbocycles. The summed E-state index contributed by atoms with van der Waals surface area (Å²) in [4.78, 5) is 12.0. The van der Waals surface area contributed by atoms with Crippen molar-refractivity contribution in [3.8, 4) is 11.5 Å². The van der Waals surface area contributed by atoms with Gasteiger partial charge in [-0.2, -0.15) is 0 Å². The van der Waals surface area contributed by atoms with Crippen LogP contribution in [0.2, 0.25) is 0 Å². The lowest BCUT2D eigenvalue weighted by Crippen LogP contribution is -2.29. The largest absolute Gasteiger partial charge is 0.493 e. The van der Waals surface area contributed by atoms with Gasteiger partial charge in [-0.25, -0.2) is 0 Å². The van der Waals surface area contributed by atoms with Gasteiger partial charge in [-0.05, 0) is 18.2 Å². The van der Waals surface area contributed by atoms with Crippen molar-refractivity contribution in [2.45, 2.75) is 24.3 Å². The van der Waals surface area contributed by atoms with Crippen LogP contribution in [0.25, 0.3) is 0 Å². The summed E-state index contributed by atoms with van der Waals surface area (Å²) in [6, 6.07) is 12.1. The first-order chi connectivity index (χ1) is 12.2. The van der Waals surface area contributed by atoms with Gasteiger partial charge in [-0.1, -0.05) is 36.9 Å². The highest BCUT2D eigenvalue weighted by Gasteiger charge is 2.44. The van der Waals surface area contributed by atoms with E-state index in [1.807, 2.05) is 48.3 Å². The average Bonchev–Trinajstić information content (AvgIpc) is 3.17. The number of thioether (sulfide) groups is 1. The zero-order valence-corrected chi connectivity index (χ0v) is 15.4. The van der Waals surface area contributed by atoms with Gasteiger partial charge in [0.25, 0.3) is 0 Å². The molecule has 0 spiro atoms. The molecule has 1 fully saturated rings. The second kappa shape index (κ2) is 6.59. The van der Waals surface area contributed by atoms with Crippen molar-refractivity contribution in [2.24, 2.45) is 4.99 Å². The SMILES string of the molecule is COc1cccc([C@@H]2[C@H](c3ccccn3)N=C3S[C@H](C)CN32)c1OC. The van der Waals surface area contributed by atoms with Gasteiger partial charge in [0.15, 0.2) is 16.7 Å². The van der Waals surface area contributed by atoms with Gasteiger partial charge in [-0.3, -0.25) is 9.98 Å². The average molecular weight is 355 g/mol. The number of benzene rings is 1. The number of hydrogen-bond donors (Lipinski definition) is 0. The molecule has 2 aliphatic heterocycles. The van der Waals surface area contributed by atoms with Crippen LogP contribution < -0.4 is 9.47 Å². The fourth-order valence-electron chi connectivity index (χ4n) is 3.60. The number of pyridine rings is 1. The Bertz CT molecular complexity index is 797. The van der Waals surface area contributed by atoms with Crippen molar-refractivity contribution in [3.05, 3.63) is 53.9 Å². The quantitative estimate of drug-likeness (QED) is 0.837. The Kier molecular flexibility index (Phi) is 4.29. The zero-order valence-electron chi connectivity index (χ0n) is 14.5. The van der Waals surface area contributed by atoms with Crippen molar-refractivity contribution < 1.29 is 9.47 Å². The number of aliphatic imine (C=N–C) groups is 1. The lowest BCUT2D eigenvalue weighted by atomic mass is 9.95. The molecule has 0 radical (unpaired) electrons. The lowest BCUT2D eigenvalue weighted by molar-refractivity contribution is 0.299. The monoisotopic (exact) mass is 355 g/mol. The minimum atomic E-state index is -0.0443. The van der Waals surface area contributed by atoms with Crippen LogP contribution in [0.15, 0.2) is 47.6 Å². The maximum Gasteiger partial charge on any atom is 0.166 e. The zero-order chi connectivity index (χ0) is 17.4. The third kappa shape index (κ3) is 2.74. The van der Waals surface area contributed by atoms with Gasteiger partial charge in [0.05, 0.1) is 26.0 Å². The number of nitrogens with zero attached hydrogens (tertiary/aromatic N) is 3. The van der Waals surface area contributed by atoms with E-state index in [4.69, 9.17) is 14.5 Å². The molecule has 3 heterocycles. The molecule has 0 unspecified atom stereocenters. The van der Waals surface area contributed by atoms with Crippen LogP contribution in [0.5, 0.6) is 11.5 Å². The molecular formula is C19H21N3O2S. The van der Waals surface area contributed by atoms with Crippen LogP contribution in [0.1, 0.15) is 30.3 Å². The fraction of sp³-hybridized carbons (Fsp3) is 0.368. The Labute approximate surface area is 152 Å². The van der Waals surface area contributed by atoms with Crippen LogP contribution in [-0.4, -0.2) is 41.1 Å². The minimum Gasteiger partial charge on any atom is -0.493 e. The van der Waals surface area contributed by atoms with E-state index in [2.05, 4.69) is 22.9 Å². The summed E-state index contributed by atoms with van der Waals surface area (Å²) in [6.07, 6.45) is 1.83. The summed E-state index contributed by atoms with van der Waals surface area (Å²) >= 11 is 1.83. The first kappa shape index (κ1) is 16.3. The van der Waals surface area contributed by atoms with Crippen molar-refractivity contribution in [2.75, 3.05) is 20.8 Å². The molecule has 130 valence electrons. The summed E-state index contributed by atoms with van der Waals surface area (Å²) in [5, 5.41) is 1.63. The van der Waals surface area contributed by atoms with E-state index in [0.29, 0.717) is 5.25 Å². The Morgan fingerprint density at radius 2 is 2.00 bits per heavy atom. The molecule has 1 aromatic carbocycles. The van der Waals surface area contributed by atoms with E-state index in [1.165, 1.54) is 0 Å². The molecule has 1 saturated heterocycles. The first-order valence-electron chi connectivity index (χ1n) is 8.36.